The van der Waals surface area contributed by atoms with E-state index in [2.05, 4.69) is 10.0 Å². The predicted molar refractivity (Wildman–Crippen MR) is 106 cm³/mol. The summed E-state index contributed by atoms with van der Waals surface area (Å²) in [5.41, 5.74) is 0.896. The summed E-state index contributed by atoms with van der Waals surface area (Å²) < 4.78 is 32.6. The molecule has 1 atom stereocenters. The van der Waals surface area contributed by atoms with Gasteiger partial charge in [-0.2, -0.15) is 0 Å². The van der Waals surface area contributed by atoms with Gasteiger partial charge in [-0.25, -0.2) is 13.1 Å². The molecule has 0 bridgehead atoms. The Morgan fingerprint density at radius 1 is 1.24 bits per heavy atom. The van der Waals surface area contributed by atoms with Crippen LogP contribution in [-0.2, 0) is 14.8 Å². The zero-order chi connectivity index (χ0) is 21.0. The van der Waals surface area contributed by atoms with Gasteiger partial charge in [-0.05, 0) is 50.1 Å². The summed E-state index contributed by atoms with van der Waals surface area (Å²) in [5, 5.41) is 13.6. The van der Waals surface area contributed by atoms with Crippen molar-refractivity contribution in [1.29, 1.82) is 0 Å². The number of aryl methyl sites for hydroxylation is 1. The van der Waals surface area contributed by atoms with Gasteiger partial charge < -0.3 is 10.1 Å². The number of carbonyl (C=O) groups excluding carboxylic acids is 1. The van der Waals surface area contributed by atoms with Gasteiger partial charge in [-0.1, -0.05) is 6.07 Å². The highest BCUT2D eigenvalue weighted by atomic mass is 32.2. The van der Waals surface area contributed by atoms with Gasteiger partial charge in [0.15, 0.2) is 0 Å². The van der Waals surface area contributed by atoms with E-state index in [-0.39, 0.29) is 34.5 Å². The molecular weight excluding hydrogens is 398 g/mol. The van der Waals surface area contributed by atoms with Crippen molar-refractivity contribution in [3.8, 4) is 0 Å². The Kier molecular flexibility index (Phi) is 6.26. The number of nitro benzene ring substituents is 1. The molecule has 29 heavy (non-hydrogen) atoms. The van der Waals surface area contributed by atoms with E-state index in [1.54, 1.807) is 19.1 Å². The molecule has 10 heteroatoms. The summed E-state index contributed by atoms with van der Waals surface area (Å²) in [7, 11) is -3.71. The van der Waals surface area contributed by atoms with Crippen molar-refractivity contribution in [2.75, 3.05) is 18.5 Å². The number of hydrogen-bond donors (Lipinski definition) is 2. The number of rotatable bonds is 7. The molecule has 2 N–H and O–H groups in total. The number of carbonyl (C=O) groups is 1. The van der Waals surface area contributed by atoms with E-state index in [4.69, 9.17) is 4.74 Å². The minimum Gasteiger partial charge on any atom is -0.377 e. The highest BCUT2D eigenvalue weighted by Gasteiger charge is 2.20. The number of hydrogen-bond acceptors (Lipinski definition) is 6. The van der Waals surface area contributed by atoms with E-state index >= 15 is 0 Å². The fourth-order valence-corrected chi connectivity index (χ4v) is 4.03. The van der Waals surface area contributed by atoms with Crippen LogP contribution in [0, 0.1) is 17.0 Å². The molecule has 1 aliphatic rings. The standard InChI is InChI=1S/C19H21N3O6S/c1-13-4-7-15(11-18(13)22(24)25)21-19(23)14-5-8-17(9-6-14)29(26,27)20-12-16-3-2-10-28-16/h4-9,11,16,20H,2-3,10,12H2,1H3,(H,21,23). The maximum absolute atomic E-state index is 12.4. The van der Waals surface area contributed by atoms with Crippen molar-refractivity contribution in [1.82, 2.24) is 4.72 Å². The second kappa shape index (κ2) is 8.68. The van der Waals surface area contributed by atoms with E-state index < -0.39 is 20.9 Å². The molecule has 3 rings (SSSR count). The number of nitrogens with zero attached hydrogens (tertiary/aromatic N) is 1. The summed E-state index contributed by atoms with van der Waals surface area (Å²) >= 11 is 0. The van der Waals surface area contributed by atoms with Crippen molar-refractivity contribution < 1.29 is 22.9 Å². The first-order valence-electron chi connectivity index (χ1n) is 9.04. The van der Waals surface area contributed by atoms with Gasteiger partial charge in [-0.15, -0.1) is 0 Å². The lowest BCUT2D eigenvalue weighted by Crippen LogP contribution is -2.31. The molecule has 1 aliphatic heterocycles. The molecule has 2 aromatic carbocycles. The molecular formula is C19H21N3O6S. The molecule has 1 saturated heterocycles. The van der Waals surface area contributed by atoms with Crippen LogP contribution in [0.3, 0.4) is 0 Å². The molecule has 154 valence electrons. The van der Waals surface area contributed by atoms with Crippen LogP contribution in [0.15, 0.2) is 47.4 Å². The molecule has 0 aliphatic carbocycles. The van der Waals surface area contributed by atoms with Crippen LogP contribution in [0.2, 0.25) is 0 Å². The van der Waals surface area contributed by atoms with Gasteiger partial charge >= 0.3 is 0 Å². The molecule has 0 spiro atoms. The number of nitro groups is 1. The maximum Gasteiger partial charge on any atom is 0.274 e. The number of nitrogens with one attached hydrogen (secondary N) is 2. The van der Waals surface area contributed by atoms with Crippen molar-refractivity contribution >= 4 is 27.3 Å². The summed E-state index contributed by atoms with van der Waals surface area (Å²) in [5.74, 6) is -0.501. The lowest BCUT2D eigenvalue weighted by atomic mass is 10.1. The van der Waals surface area contributed by atoms with Crippen LogP contribution in [0.25, 0.3) is 0 Å². The summed E-state index contributed by atoms with van der Waals surface area (Å²) in [6.07, 6.45) is 1.62. The zero-order valence-corrected chi connectivity index (χ0v) is 16.6. The number of anilines is 1. The van der Waals surface area contributed by atoms with E-state index in [1.165, 1.54) is 30.3 Å². The van der Waals surface area contributed by atoms with E-state index in [0.717, 1.165) is 12.8 Å². The van der Waals surface area contributed by atoms with Crippen molar-refractivity contribution in [3.63, 3.8) is 0 Å². The molecule has 1 fully saturated rings. The normalized spacial score (nSPS) is 16.5. The smallest absolute Gasteiger partial charge is 0.274 e. The predicted octanol–water partition coefficient (Wildman–Crippen LogP) is 2.61. The van der Waals surface area contributed by atoms with E-state index in [9.17, 15) is 23.3 Å². The van der Waals surface area contributed by atoms with Crippen molar-refractivity contribution in [2.45, 2.75) is 30.8 Å². The molecule has 1 heterocycles. The lowest BCUT2D eigenvalue weighted by molar-refractivity contribution is -0.385. The first-order chi connectivity index (χ1) is 13.8. The average molecular weight is 419 g/mol. The molecule has 0 aromatic heterocycles. The number of sulfonamides is 1. The minimum absolute atomic E-state index is 0.0398. The second-order valence-electron chi connectivity index (χ2n) is 6.72. The Morgan fingerprint density at radius 3 is 2.59 bits per heavy atom. The molecule has 2 aromatic rings. The Balaban J connectivity index is 1.67. The van der Waals surface area contributed by atoms with Gasteiger partial charge in [-0.3, -0.25) is 14.9 Å². The zero-order valence-electron chi connectivity index (χ0n) is 15.8. The molecule has 1 amide bonds. The monoisotopic (exact) mass is 419 g/mol. The molecule has 9 nitrogen and oxygen atoms in total. The van der Waals surface area contributed by atoms with Gasteiger partial charge in [0.2, 0.25) is 10.0 Å². The van der Waals surface area contributed by atoms with Crippen LogP contribution in [-0.4, -0.2) is 38.5 Å². The third kappa shape index (κ3) is 5.17. The lowest BCUT2D eigenvalue weighted by Gasteiger charge is -2.12. The SMILES string of the molecule is Cc1ccc(NC(=O)c2ccc(S(=O)(=O)NCC3CCCO3)cc2)cc1[N+](=O)[O-]. The van der Waals surface area contributed by atoms with Gasteiger partial charge in [0.25, 0.3) is 11.6 Å². The van der Waals surface area contributed by atoms with Gasteiger partial charge in [0.05, 0.1) is 15.9 Å². The number of ether oxygens (including phenoxy) is 1. The third-order valence-electron chi connectivity index (χ3n) is 4.62. The maximum atomic E-state index is 12.4. The largest absolute Gasteiger partial charge is 0.377 e. The third-order valence-corrected chi connectivity index (χ3v) is 6.05. The Bertz CT molecular complexity index is 1010. The average Bonchev–Trinajstić information content (AvgIpc) is 3.21. The Morgan fingerprint density at radius 2 is 1.97 bits per heavy atom. The Hall–Kier alpha value is -2.82. The van der Waals surface area contributed by atoms with Crippen molar-refractivity contribution in [3.05, 3.63) is 63.7 Å². The first kappa shape index (κ1) is 20.9. The van der Waals surface area contributed by atoms with E-state index in [0.29, 0.717) is 12.2 Å². The van der Waals surface area contributed by atoms with Gasteiger partial charge in [0, 0.05) is 36.0 Å². The van der Waals surface area contributed by atoms with Crippen LogP contribution in [0.1, 0.15) is 28.8 Å². The van der Waals surface area contributed by atoms with Crippen molar-refractivity contribution in [2.24, 2.45) is 0 Å². The molecule has 0 saturated carbocycles. The first-order valence-corrected chi connectivity index (χ1v) is 10.5. The van der Waals surface area contributed by atoms with Gasteiger partial charge in [0.1, 0.15) is 0 Å². The van der Waals surface area contributed by atoms with Crippen LogP contribution < -0.4 is 10.0 Å². The second-order valence-corrected chi connectivity index (χ2v) is 8.49. The topological polar surface area (TPSA) is 128 Å². The summed E-state index contributed by atoms with van der Waals surface area (Å²) in [6.45, 7) is 2.45. The molecule has 1 unspecified atom stereocenters. The highest BCUT2D eigenvalue weighted by molar-refractivity contribution is 7.89. The minimum atomic E-state index is -3.71. The Labute approximate surface area is 168 Å². The number of benzene rings is 2. The number of amides is 1. The molecule has 0 radical (unpaired) electrons. The van der Waals surface area contributed by atoms with Crippen LogP contribution in [0.4, 0.5) is 11.4 Å². The fraction of sp³-hybridized carbons (Fsp3) is 0.316. The summed E-state index contributed by atoms with van der Waals surface area (Å²) in [6, 6.07) is 9.84. The highest BCUT2D eigenvalue weighted by Crippen LogP contribution is 2.23. The van der Waals surface area contributed by atoms with Crippen LogP contribution >= 0.6 is 0 Å². The quantitative estimate of drug-likeness (QED) is 0.524. The summed E-state index contributed by atoms with van der Waals surface area (Å²) in [4.78, 5) is 22.9. The van der Waals surface area contributed by atoms with Crippen LogP contribution in [0.5, 0.6) is 0 Å². The fourth-order valence-electron chi connectivity index (χ4n) is 2.96. The van der Waals surface area contributed by atoms with E-state index in [1.807, 2.05) is 0 Å².